The van der Waals surface area contributed by atoms with E-state index in [1.807, 2.05) is 91.0 Å². The van der Waals surface area contributed by atoms with Crippen LogP contribution in [0.3, 0.4) is 0 Å². The van der Waals surface area contributed by atoms with Gasteiger partial charge >= 0.3 is 0 Å². The molecule has 3 aromatic heterocycles. The maximum absolute atomic E-state index is 6.42. The molecule has 0 amide bonds. The fraction of sp³-hybridized carbons (Fsp3) is 0. The second kappa shape index (κ2) is 11.4. The lowest BCUT2D eigenvalue weighted by atomic mass is 9.93. The average molecular weight is 642 g/mol. The number of fused-ring (bicyclic) bond motifs is 6. The summed E-state index contributed by atoms with van der Waals surface area (Å²) in [4.78, 5) is 16.0. The molecule has 0 spiro atoms. The van der Waals surface area contributed by atoms with Gasteiger partial charge in [-0.3, -0.25) is 0 Å². The first kappa shape index (κ1) is 28.2. The number of hydrogen-bond donors (Lipinski definition) is 0. The molecule has 0 aliphatic heterocycles. The van der Waals surface area contributed by atoms with Crippen molar-refractivity contribution in [1.29, 1.82) is 0 Å². The molecule has 10 rings (SSSR count). The van der Waals surface area contributed by atoms with Crippen LogP contribution in [0.15, 0.2) is 173 Å². The van der Waals surface area contributed by atoms with Gasteiger partial charge in [-0.2, -0.15) is 0 Å². The summed E-state index contributed by atoms with van der Waals surface area (Å²) < 4.78 is 12.8. The molecule has 0 atom stereocenters. The Labute approximate surface area is 287 Å². The normalized spacial score (nSPS) is 11.6. The Hall–Kier alpha value is -6.85. The molecule has 0 aliphatic rings. The highest BCUT2D eigenvalue weighted by atomic mass is 16.3. The van der Waals surface area contributed by atoms with Gasteiger partial charge in [-0.05, 0) is 58.7 Å². The molecule has 3 heterocycles. The predicted octanol–water partition coefficient (Wildman–Crippen LogP) is 12.0. The van der Waals surface area contributed by atoms with Crippen molar-refractivity contribution in [1.82, 2.24) is 15.0 Å². The molecule has 0 unspecified atom stereocenters. The number of nitrogens with zero attached hydrogens (tertiary/aromatic N) is 3. The summed E-state index contributed by atoms with van der Waals surface area (Å²) in [6.07, 6.45) is 0. The molecule has 0 N–H and O–H groups in total. The summed E-state index contributed by atoms with van der Waals surface area (Å²) in [6, 6.07) is 55.5. The highest BCUT2D eigenvalue weighted by Crippen LogP contribution is 2.45. The minimum Gasteiger partial charge on any atom is -0.456 e. The van der Waals surface area contributed by atoms with E-state index in [1.165, 1.54) is 0 Å². The van der Waals surface area contributed by atoms with Crippen molar-refractivity contribution >= 4 is 43.9 Å². The monoisotopic (exact) mass is 641 g/mol. The first-order chi connectivity index (χ1) is 24.8. The highest BCUT2D eigenvalue weighted by molar-refractivity contribution is 6.17. The zero-order chi connectivity index (χ0) is 33.0. The minimum atomic E-state index is 0.564. The fourth-order valence-corrected chi connectivity index (χ4v) is 7.13. The Balaban J connectivity index is 1.37. The van der Waals surface area contributed by atoms with Gasteiger partial charge in [0.05, 0.1) is 0 Å². The Morgan fingerprint density at radius 3 is 1.14 bits per heavy atom. The first-order valence-electron chi connectivity index (χ1n) is 16.6. The highest BCUT2D eigenvalue weighted by Gasteiger charge is 2.25. The molecule has 0 bridgehead atoms. The van der Waals surface area contributed by atoms with Crippen LogP contribution < -0.4 is 0 Å². The summed E-state index contributed by atoms with van der Waals surface area (Å²) in [5.74, 6) is 1.71. The summed E-state index contributed by atoms with van der Waals surface area (Å²) >= 11 is 0. The molecule has 0 saturated carbocycles. The molecule has 0 saturated heterocycles. The quantitative estimate of drug-likeness (QED) is 0.187. The van der Waals surface area contributed by atoms with Gasteiger partial charge in [-0.15, -0.1) is 0 Å². The summed E-state index contributed by atoms with van der Waals surface area (Å²) in [6.45, 7) is 0. The number of furan rings is 2. The number of para-hydroxylation sites is 2. The minimum absolute atomic E-state index is 0.564. The molecule has 234 valence electrons. The second-order valence-electron chi connectivity index (χ2n) is 12.3. The maximum atomic E-state index is 6.42. The van der Waals surface area contributed by atoms with Crippen molar-refractivity contribution in [3.05, 3.63) is 164 Å². The van der Waals surface area contributed by atoms with E-state index < -0.39 is 0 Å². The lowest BCUT2D eigenvalue weighted by molar-refractivity contribution is 0.668. The van der Waals surface area contributed by atoms with Crippen molar-refractivity contribution in [3.8, 4) is 56.4 Å². The van der Waals surface area contributed by atoms with Gasteiger partial charge < -0.3 is 8.83 Å². The third-order valence-corrected chi connectivity index (χ3v) is 9.37. The van der Waals surface area contributed by atoms with E-state index in [2.05, 4.69) is 72.8 Å². The standard InChI is InChI=1S/C45H27N3O2/c1-4-14-28(15-5-1)31-24-26-37-39(33-20-10-12-22-35(33)49-37)41(31)44-46-43(30-18-8-3-9-19-30)47-45(48-44)42-32(29-16-6-2-7-17-29)25-27-38-40(42)34-21-11-13-23-36(34)50-38/h1-27H. The number of aromatic nitrogens is 3. The third kappa shape index (κ3) is 4.52. The van der Waals surface area contributed by atoms with E-state index in [-0.39, 0.29) is 0 Å². The molecule has 10 aromatic rings. The van der Waals surface area contributed by atoms with Crippen LogP contribution in [0.4, 0.5) is 0 Å². The summed E-state index contributed by atoms with van der Waals surface area (Å²) in [5.41, 5.74) is 10.0. The van der Waals surface area contributed by atoms with Gasteiger partial charge in [0.2, 0.25) is 0 Å². The lowest BCUT2D eigenvalue weighted by Crippen LogP contribution is -2.02. The van der Waals surface area contributed by atoms with Crippen LogP contribution in [0.2, 0.25) is 0 Å². The van der Waals surface area contributed by atoms with Gasteiger partial charge in [-0.25, -0.2) is 15.0 Å². The van der Waals surface area contributed by atoms with E-state index in [9.17, 15) is 0 Å². The summed E-state index contributed by atoms with van der Waals surface area (Å²) in [5, 5.41) is 3.94. The van der Waals surface area contributed by atoms with Crippen LogP contribution in [0.1, 0.15) is 0 Å². The lowest BCUT2D eigenvalue weighted by Gasteiger charge is -2.15. The first-order valence-corrected chi connectivity index (χ1v) is 16.6. The fourth-order valence-electron chi connectivity index (χ4n) is 7.13. The van der Waals surface area contributed by atoms with Crippen molar-refractivity contribution in [2.45, 2.75) is 0 Å². The molecule has 7 aromatic carbocycles. The van der Waals surface area contributed by atoms with Crippen molar-refractivity contribution in [3.63, 3.8) is 0 Å². The molecule has 5 heteroatoms. The van der Waals surface area contributed by atoms with E-state index in [0.29, 0.717) is 17.5 Å². The third-order valence-electron chi connectivity index (χ3n) is 9.37. The van der Waals surface area contributed by atoms with Crippen LogP contribution in [0, 0.1) is 0 Å². The summed E-state index contributed by atoms with van der Waals surface area (Å²) in [7, 11) is 0. The van der Waals surface area contributed by atoms with Gasteiger partial charge in [0.15, 0.2) is 17.5 Å². The van der Waals surface area contributed by atoms with Crippen LogP contribution >= 0.6 is 0 Å². The zero-order valence-corrected chi connectivity index (χ0v) is 26.7. The van der Waals surface area contributed by atoms with Gasteiger partial charge in [-0.1, -0.05) is 127 Å². The number of hydrogen-bond acceptors (Lipinski definition) is 5. The molecular formula is C45H27N3O2. The van der Waals surface area contributed by atoms with Gasteiger partial charge in [0.25, 0.3) is 0 Å². The molecule has 0 aliphatic carbocycles. The van der Waals surface area contributed by atoms with Crippen molar-refractivity contribution in [2.24, 2.45) is 0 Å². The number of rotatable bonds is 5. The Morgan fingerprint density at radius 1 is 0.300 bits per heavy atom. The molecule has 50 heavy (non-hydrogen) atoms. The van der Waals surface area contributed by atoms with Crippen LogP contribution in [-0.2, 0) is 0 Å². The predicted molar refractivity (Wildman–Crippen MR) is 202 cm³/mol. The van der Waals surface area contributed by atoms with E-state index in [1.54, 1.807) is 0 Å². The van der Waals surface area contributed by atoms with Crippen LogP contribution in [-0.4, -0.2) is 15.0 Å². The Morgan fingerprint density at radius 2 is 0.680 bits per heavy atom. The van der Waals surface area contributed by atoms with Crippen LogP contribution in [0.25, 0.3) is 100 Å². The largest absolute Gasteiger partial charge is 0.456 e. The molecule has 0 radical (unpaired) electrons. The van der Waals surface area contributed by atoms with Gasteiger partial charge in [0.1, 0.15) is 22.3 Å². The maximum Gasteiger partial charge on any atom is 0.165 e. The van der Waals surface area contributed by atoms with E-state index in [0.717, 1.165) is 82.8 Å². The zero-order valence-electron chi connectivity index (χ0n) is 26.7. The van der Waals surface area contributed by atoms with E-state index >= 15 is 0 Å². The molecule has 0 fully saturated rings. The molecule has 5 nitrogen and oxygen atoms in total. The van der Waals surface area contributed by atoms with Gasteiger partial charge in [0, 0.05) is 38.2 Å². The second-order valence-corrected chi connectivity index (χ2v) is 12.3. The van der Waals surface area contributed by atoms with Crippen LogP contribution in [0.5, 0.6) is 0 Å². The number of benzene rings is 7. The average Bonchev–Trinajstić information content (AvgIpc) is 3.76. The smallest absolute Gasteiger partial charge is 0.165 e. The topological polar surface area (TPSA) is 65.0 Å². The SMILES string of the molecule is c1ccc(-c2nc(-c3c(-c4ccccc4)ccc4oc5ccccc5c34)nc(-c3c(-c4ccccc4)ccc4oc5ccccc5c34)n2)cc1. The Bertz CT molecular complexity index is 2680. The van der Waals surface area contributed by atoms with Crippen molar-refractivity contribution in [2.75, 3.05) is 0 Å². The Kier molecular flexibility index (Phi) is 6.42. The molecular weight excluding hydrogens is 615 g/mol. The van der Waals surface area contributed by atoms with E-state index in [4.69, 9.17) is 23.8 Å². The van der Waals surface area contributed by atoms with Crippen molar-refractivity contribution < 1.29 is 8.83 Å².